The molecule has 2 fully saturated rings. The van der Waals surface area contributed by atoms with E-state index in [0.717, 1.165) is 22.9 Å². The van der Waals surface area contributed by atoms with Crippen LogP contribution in [0.25, 0.3) is 22.1 Å². The van der Waals surface area contributed by atoms with Crippen LogP contribution in [0.1, 0.15) is 25.1 Å². The summed E-state index contributed by atoms with van der Waals surface area (Å²) < 4.78 is 6.66. The zero-order valence-electron chi connectivity index (χ0n) is 14.7. The molecule has 2 aliphatic rings. The fourth-order valence-corrected chi connectivity index (χ4v) is 4.84. The molecule has 136 valence electrons. The predicted octanol–water partition coefficient (Wildman–Crippen LogP) is 3.10. The number of hydrogen-bond acceptors (Lipinski definition) is 5. The largest absolute Gasteiger partial charge is 0.449 e. The first-order chi connectivity index (χ1) is 12.6. The van der Waals surface area contributed by atoms with E-state index in [9.17, 15) is 4.79 Å². The maximum Gasteiger partial charge on any atom is 0.294 e. The van der Waals surface area contributed by atoms with Gasteiger partial charge in [-0.05, 0) is 44.5 Å². The number of rotatable bonds is 2. The Morgan fingerprint density at radius 1 is 1.31 bits per heavy atom. The Balaban J connectivity index is 1.50. The summed E-state index contributed by atoms with van der Waals surface area (Å²) in [6, 6.07) is 7.04. The lowest BCUT2D eigenvalue weighted by atomic mass is 10.1. The quantitative estimate of drug-likeness (QED) is 0.694. The Bertz CT molecular complexity index is 1040. The second-order valence-corrected chi connectivity index (χ2v) is 8.42. The molecule has 6 nitrogen and oxygen atoms in total. The summed E-state index contributed by atoms with van der Waals surface area (Å²) in [5, 5.41) is 0.872. The van der Waals surface area contributed by atoms with Crippen molar-refractivity contribution in [3.63, 3.8) is 0 Å². The lowest BCUT2D eigenvalue weighted by molar-refractivity contribution is 0.212. The number of aromatic nitrogens is 2. The van der Waals surface area contributed by atoms with Crippen LogP contribution in [-0.2, 0) is 6.54 Å². The Morgan fingerprint density at radius 2 is 2.15 bits per heavy atom. The number of aromatic amines is 1. The van der Waals surface area contributed by atoms with Crippen LogP contribution in [0.15, 0.2) is 31.9 Å². The molecule has 5 rings (SSSR count). The number of benzene rings is 1. The number of fused-ring (bicyclic) bond motifs is 5. The van der Waals surface area contributed by atoms with E-state index in [1.165, 1.54) is 19.3 Å². The van der Waals surface area contributed by atoms with Crippen LogP contribution in [0.3, 0.4) is 0 Å². The highest BCUT2D eigenvalue weighted by atomic mass is 79.9. The number of halogens is 1. The van der Waals surface area contributed by atoms with Gasteiger partial charge in [0.1, 0.15) is 16.9 Å². The van der Waals surface area contributed by atoms with Gasteiger partial charge in [-0.15, -0.1) is 0 Å². The Morgan fingerprint density at radius 3 is 3.04 bits per heavy atom. The number of nitrogens with one attached hydrogen (secondary N) is 1. The van der Waals surface area contributed by atoms with Gasteiger partial charge in [0, 0.05) is 35.0 Å². The van der Waals surface area contributed by atoms with E-state index in [0.29, 0.717) is 41.1 Å². The molecular weight excluding hydrogens is 396 g/mol. The van der Waals surface area contributed by atoms with Gasteiger partial charge in [0.2, 0.25) is 5.58 Å². The second kappa shape index (κ2) is 6.18. The molecule has 0 spiro atoms. The minimum Gasteiger partial charge on any atom is -0.449 e. The predicted molar refractivity (Wildman–Crippen MR) is 104 cm³/mol. The van der Waals surface area contributed by atoms with Gasteiger partial charge in [0.15, 0.2) is 0 Å². The van der Waals surface area contributed by atoms with Gasteiger partial charge < -0.3 is 9.40 Å². The van der Waals surface area contributed by atoms with Crippen molar-refractivity contribution in [2.75, 3.05) is 20.1 Å². The molecule has 2 aliphatic heterocycles. The first kappa shape index (κ1) is 16.5. The molecule has 1 N–H and O–H groups in total. The molecule has 26 heavy (non-hydrogen) atoms. The fourth-order valence-electron chi connectivity index (χ4n) is 4.48. The lowest BCUT2D eigenvalue weighted by Gasteiger charge is -2.25. The summed E-state index contributed by atoms with van der Waals surface area (Å²) in [5.74, 6) is 0.714. The van der Waals surface area contributed by atoms with Gasteiger partial charge in [0.05, 0.1) is 6.54 Å². The Labute approximate surface area is 159 Å². The fraction of sp³-hybridized carbons (Fsp3) is 0.474. The van der Waals surface area contributed by atoms with Crippen molar-refractivity contribution in [2.45, 2.75) is 37.9 Å². The minimum absolute atomic E-state index is 0.203. The van der Waals surface area contributed by atoms with Crippen LogP contribution < -0.4 is 5.56 Å². The van der Waals surface area contributed by atoms with E-state index in [-0.39, 0.29) is 5.56 Å². The molecule has 2 aromatic heterocycles. The smallest absolute Gasteiger partial charge is 0.294 e. The summed E-state index contributed by atoms with van der Waals surface area (Å²) in [6.45, 7) is 2.75. The first-order valence-corrected chi connectivity index (χ1v) is 9.93. The molecule has 0 saturated carbocycles. The van der Waals surface area contributed by atoms with Crippen LogP contribution >= 0.6 is 15.9 Å². The highest BCUT2D eigenvalue weighted by molar-refractivity contribution is 9.10. The lowest BCUT2D eigenvalue weighted by Crippen LogP contribution is -2.36. The van der Waals surface area contributed by atoms with Crippen molar-refractivity contribution in [3.05, 3.63) is 38.9 Å². The Kier molecular flexibility index (Phi) is 3.92. The number of nitrogens with zero attached hydrogens (tertiary/aromatic N) is 3. The van der Waals surface area contributed by atoms with Crippen molar-refractivity contribution >= 4 is 38.0 Å². The molecule has 7 heteroatoms. The zero-order chi connectivity index (χ0) is 17.8. The van der Waals surface area contributed by atoms with Crippen LogP contribution in [0.2, 0.25) is 0 Å². The number of hydrogen-bond donors (Lipinski definition) is 1. The summed E-state index contributed by atoms with van der Waals surface area (Å²) in [4.78, 5) is 25.1. The summed E-state index contributed by atoms with van der Waals surface area (Å²) in [6.07, 6.45) is 3.76. The number of furan rings is 1. The molecule has 2 bridgehead atoms. The van der Waals surface area contributed by atoms with Crippen LogP contribution in [-0.4, -0.2) is 52.0 Å². The summed E-state index contributed by atoms with van der Waals surface area (Å²) in [5.41, 5.74) is 1.43. The third-order valence-electron chi connectivity index (χ3n) is 5.94. The summed E-state index contributed by atoms with van der Waals surface area (Å²) >= 11 is 3.48. The average Bonchev–Trinajstić information content (AvgIpc) is 3.08. The van der Waals surface area contributed by atoms with Gasteiger partial charge in [-0.25, -0.2) is 4.98 Å². The molecule has 2 saturated heterocycles. The molecule has 1 unspecified atom stereocenters. The highest BCUT2D eigenvalue weighted by Gasteiger charge is 2.34. The maximum absolute atomic E-state index is 12.5. The third-order valence-corrected chi connectivity index (χ3v) is 6.43. The number of H-pyrrole nitrogens is 1. The van der Waals surface area contributed by atoms with E-state index in [4.69, 9.17) is 9.40 Å². The average molecular weight is 417 g/mol. The van der Waals surface area contributed by atoms with Crippen LogP contribution in [0.5, 0.6) is 0 Å². The Hall–Kier alpha value is -1.70. The van der Waals surface area contributed by atoms with Crippen molar-refractivity contribution in [1.82, 2.24) is 19.8 Å². The topological polar surface area (TPSA) is 65.4 Å². The number of likely N-dealkylation sites (tertiary alicyclic amines) is 1. The van der Waals surface area contributed by atoms with E-state index in [1.807, 2.05) is 18.2 Å². The van der Waals surface area contributed by atoms with Crippen LogP contribution in [0, 0.1) is 0 Å². The number of likely N-dealkylation sites (N-methyl/N-ethyl adjacent to an activating group) is 1. The van der Waals surface area contributed by atoms with Gasteiger partial charge in [0.25, 0.3) is 5.56 Å². The van der Waals surface area contributed by atoms with Crippen molar-refractivity contribution in [1.29, 1.82) is 0 Å². The van der Waals surface area contributed by atoms with Gasteiger partial charge >= 0.3 is 0 Å². The van der Waals surface area contributed by atoms with Crippen molar-refractivity contribution in [3.8, 4) is 0 Å². The molecule has 0 aliphatic carbocycles. The van der Waals surface area contributed by atoms with Gasteiger partial charge in [-0.3, -0.25) is 14.6 Å². The molecule has 0 radical (unpaired) electrons. The van der Waals surface area contributed by atoms with Gasteiger partial charge in [-0.1, -0.05) is 15.9 Å². The molecule has 3 aromatic rings. The molecule has 2 atom stereocenters. The van der Waals surface area contributed by atoms with E-state index in [2.05, 4.69) is 37.8 Å². The van der Waals surface area contributed by atoms with Crippen molar-refractivity contribution < 1.29 is 4.42 Å². The van der Waals surface area contributed by atoms with Crippen molar-refractivity contribution in [2.24, 2.45) is 0 Å². The highest BCUT2D eigenvalue weighted by Crippen LogP contribution is 2.30. The molecule has 0 amide bonds. The minimum atomic E-state index is -0.203. The SMILES string of the molecule is CN1C2CC[C@H]1CN(Cc1nc3c(oc4ccc(Br)cc43)c(=O)[nH]1)CC2. The first-order valence-electron chi connectivity index (χ1n) is 9.14. The third kappa shape index (κ3) is 2.69. The maximum atomic E-state index is 12.5. The van der Waals surface area contributed by atoms with Gasteiger partial charge in [-0.2, -0.15) is 0 Å². The van der Waals surface area contributed by atoms with E-state index in [1.54, 1.807) is 0 Å². The van der Waals surface area contributed by atoms with Crippen LogP contribution in [0.4, 0.5) is 0 Å². The normalized spacial score (nSPS) is 24.5. The molecule has 4 heterocycles. The standard InChI is InChI=1S/C19H21BrN4O2/c1-23-12-3-4-13(23)9-24(7-6-12)10-16-21-17-14-8-11(20)2-5-15(14)26-18(17)19(25)22-16/h2,5,8,12-13H,3-4,6-7,9-10H2,1H3,(H,21,22,25)/t12?,13-/m0/s1. The summed E-state index contributed by atoms with van der Waals surface area (Å²) in [7, 11) is 2.24. The molecular formula is C19H21BrN4O2. The zero-order valence-corrected chi connectivity index (χ0v) is 16.3. The molecule has 1 aromatic carbocycles. The second-order valence-electron chi connectivity index (χ2n) is 7.51. The van der Waals surface area contributed by atoms with E-state index >= 15 is 0 Å². The monoisotopic (exact) mass is 416 g/mol. The van der Waals surface area contributed by atoms with E-state index < -0.39 is 0 Å².